The SMILES string of the molecule is c1n[nH]cc1COC1CCCCO1. The molecule has 1 saturated heterocycles. The van der Waals surface area contributed by atoms with E-state index in [9.17, 15) is 0 Å². The maximum absolute atomic E-state index is 5.55. The summed E-state index contributed by atoms with van der Waals surface area (Å²) in [5.41, 5.74) is 1.06. The highest BCUT2D eigenvalue weighted by molar-refractivity contribution is 4.99. The zero-order chi connectivity index (χ0) is 8.93. The van der Waals surface area contributed by atoms with Crippen molar-refractivity contribution in [1.29, 1.82) is 0 Å². The second-order valence-electron chi connectivity index (χ2n) is 3.21. The van der Waals surface area contributed by atoms with Gasteiger partial charge in [0.05, 0.1) is 12.8 Å². The fraction of sp³-hybridized carbons (Fsp3) is 0.667. The van der Waals surface area contributed by atoms with Crippen molar-refractivity contribution < 1.29 is 9.47 Å². The molecule has 2 heterocycles. The van der Waals surface area contributed by atoms with Gasteiger partial charge in [0, 0.05) is 18.4 Å². The van der Waals surface area contributed by atoms with Crippen molar-refractivity contribution in [2.75, 3.05) is 6.61 Å². The van der Waals surface area contributed by atoms with E-state index in [1.165, 1.54) is 6.42 Å². The van der Waals surface area contributed by atoms with Gasteiger partial charge in [0.1, 0.15) is 0 Å². The topological polar surface area (TPSA) is 47.1 Å². The van der Waals surface area contributed by atoms with Gasteiger partial charge in [-0.25, -0.2) is 0 Å². The van der Waals surface area contributed by atoms with E-state index >= 15 is 0 Å². The molecule has 0 saturated carbocycles. The second-order valence-corrected chi connectivity index (χ2v) is 3.21. The van der Waals surface area contributed by atoms with Crippen LogP contribution in [-0.2, 0) is 16.1 Å². The molecule has 4 heteroatoms. The number of hydrogen-bond donors (Lipinski definition) is 1. The third kappa shape index (κ3) is 2.54. The van der Waals surface area contributed by atoms with Crippen molar-refractivity contribution in [2.45, 2.75) is 32.2 Å². The van der Waals surface area contributed by atoms with Gasteiger partial charge in [0.25, 0.3) is 0 Å². The number of aromatic amines is 1. The number of nitrogens with one attached hydrogen (secondary N) is 1. The van der Waals surface area contributed by atoms with E-state index in [1.807, 2.05) is 6.20 Å². The molecule has 0 amide bonds. The van der Waals surface area contributed by atoms with Crippen molar-refractivity contribution in [3.05, 3.63) is 18.0 Å². The molecule has 0 bridgehead atoms. The minimum absolute atomic E-state index is 0.0105. The van der Waals surface area contributed by atoms with Crippen molar-refractivity contribution in [3.8, 4) is 0 Å². The van der Waals surface area contributed by atoms with Gasteiger partial charge in [-0.2, -0.15) is 5.10 Å². The van der Waals surface area contributed by atoms with Crippen LogP contribution in [0.25, 0.3) is 0 Å². The van der Waals surface area contributed by atoms with Gasteiger partial charge >= 0.3 is 0 Å². The molecule has 4 nitrogen and oxygen atoms in total. The van der Waals surface area contributed by atoms with Crippen LogP contribution < -0.4 is 0 Å². The lowest BCUT2D eigenvalue weighted by molar-refractivity contribution is -0.168. The second kappa shape index (κ2) is 4.39. The van der Waals surface area contributed by atoms with Gasteiger partial charge in [-0.15, -0.1) is 0 Å². The van der Waals surface area contributed by atoms with Crippen LogP contribution in [-0.4, -0.2) is 23.1 Å². The highest BCUT2D eigenvalue weighted by Crippen LogP contribution is 2.14. The fourth-order valence-electron chi connectivity index (χ4n) is 1.39. The fourth-order valence-corrected chi connectivity index (χ4v) is 1.39. The van der Waals surface area contributed by atoms with E-state index in [0.29, 0.717) is 6.61 Å². The first-order valence-corrected chi connectivity index (χ1v) is 4.66. The summed E-state index contributed by atoms with van der Waals surface area (Å²) in [5.74, 6) is 0. The maximum Gasteiger partial charge on any atom is 0.158 e. The van der Waals surface area contributed by atoms with Crippen LogP contribution in [0.2, 0.25) is 0 Å². The molecule has 2 rings (SSSR count). The molecule has 0 aromatic carbocycles. The predicted octanol–water partition coefficient (Wildman–Crippen LogP) is 1.45. The molecule has 1 aliphatic rings. The molecule has 1 aromatic heterocycles. The Kier molecular flexibility index (Phi) is 2.94. The molecule has 13 heavy (non-hydrogen) atoms. The van der Waals surface area contributed by atoms with E-state index in [-0.39, 0.29) is 6.29 Å². The number of rotatable bonds is 3. The Balaban J connectivity index is 1.72. The Hall–Kier alpha value is -0.870. The minimum Gasteiger partial charge on any atom is -0.353 e. The standard InChI is InChI=1S/C9H14N2O2/c1-2-4-12-9(3-1)13-7-8-5-10-11-6-8/h5-6,9H,1-4,7H2,(H,10,11). The molecule has 1 fully saturated rings. The minimum atomic E-state index is -0.0105. The highest BCUT2D eigenvalue weighted by Gasteiger charge is 2.13. The highest BCUT2D eigenvalue weighted by atomic mass is 16.7. The smallest absolute Gasteiger partial charge is 0.158 e. The zero-order valence-corrected chi connectivity index (χ0v) is 7.53. The van der Waals surface area contributed by atoms with Crippen LogP contribution >= 0.6 is 0 Å². The van der Waals surface area contributed by atoms with Crippen LogP contribution in [0.4, 0.5) is 0 Å². The molecule has 0 aliphatic carbocycles. The van der Waals surface area contributed by atoms with Crippen molar-refractivity contribution >= 4 is 0 Å². The molecule has 1 aromatic rings. The van der Waals surface area contributed by atoms with E-state index in [2.05, 4.69) is 10.2 Å². The number of aromatic nitrogens is 2. The summed E-state index contributed by atoms with van der Waals surface area (Å²) in [5, 5.41) is 6.59. The lowest BCUT2D eigenvalue weighted by Crippen LogP contribution is -2.21. The zero-order valence-electron chi connectivity index (χ0n) is 7.53. The first kappa shape index (κ1) is 8.72. The summed E-state index contributed by atoms with van der Waals surface area (Å²) in [6.07, 6.45) is 6.97. The summed E-state index contributed by atoms with van der Waals surface area (Å²) in [4.78, 5) is 0. The van der Waals surface area contributed by atoms with E-state index in [1.54, 1.807) is 6.20 Å². The van der Waals surface area contributed by atoms with Gasteiger partial charge in [-0.3, -0.25) is 5.10 Å². The summed E-state index contributed by atoms with van der Waals surface area (Å²) < 4.78 is 11.0. The molecule has 1 aliphatic heterocycles. The molecule has 0 spiro atoms. The summed E-state index contributed by atoms with van der Waals surface area (Å²) in [6.45, 7) is 1.41. The molecule has 72 valence electrons. The number of hydrogen-bond acceptors (Lipinski definition) is 3. The number of ether oxygens (including phenoxy) is 2. The number of H-pyrrole nitrogens is 1. The van der Waals surface area contributed by atoms with E-state index in [4.69, 9.17) is 9.47 Å². The average molecular weight is 182 g/mol. The Bertz CT molecular complexity index is 230. The van der Waals surface area contributed by atoms with Crippen molar-refractivity contribution in [1.82, 2.24) is 10.2 Å². The van der Waals surface area contributed by atoms with E-state index < -0.39 is 0 Å². The van der Waals surface area contributed by atoms with Crippen LogP contribution in [0.3, 0.4) is 0 Å². The van der Waals surface area contributed by atoms with Gasteiger partial charge in [0.2, 0.25) is 0 Å². The van der Waals surface area contributed by atoms with Gasteiger partial charge in [-0.05, 0) is 19.3 Å². The normalized spacial score (nSPS) is 23.2. The third-order valence-corrected chi connectivity index (χ3v) is 2.13. The molecule has 1 N–H and O–H groups in total. The van der Waals surface area contributed by atoms with Gasteiger partial charge in [0.15, 0.2) is 6.29 Å². The molecule has 0 radical (unpaired) electrons. The number of nitrogens with zero attached hydrogens (tertiary/aromatic N) is 1. The lowest BCUT2D eigenvalue weighted by atomic mass is 10.2. The van der Waals surface area contributed by atoms with E-state index in [0.717, 1.165) is 25.0 Å². The summed E-state index contributed by atoms with van der Waals surface area (Å²) in [7, 11) is 0. The Morgan fingerprint density at radius 1 is 1.62 bits per heavy atom. The maximum atomic E-state index is 5.55. The summed E-state index contributed by atoms with van der Waals surface area (Å²) >= 11 is 0. The molecular formula is C9H14N2O2. The Morgan fingerprint density at radius 2 is 2.62 bits per heavy atom. The molecular weight excluding hydrogens is 168 g/mol. The quantitative estimate of drug-likeness (QED) is 0.769. The first-order chi connectivity index (χ1) is 6.45. The Labute approximate surface area is 77.2 Å². The average Bonchev–Trinajstić information content (AvgIpc) is 2.69. The monoisotopic (exact) mass is 182 g/mol. The van der Waals surface area contributed by atoms with Crippen molar-refractivity contribution in [2.24, 2.45) is 0 Å². The van der Waals surface area contributed by atoms with Crippen LogP contribution in [0.15, 0.2) is 12.4 Å². The van der Waals surface area contributed by atoms with Crippen molar-refractivity contribution in [3.63, 3.8) is 0 Å². The van der Waals surface area contributed by atoms with Crippen LogP contribution in [0.5, 0.6) is 0 Å². The first-order valence-electron chi connectivity index (χ1n) is 4.66. The molecule has 1 unspecified atom stereocenters. The molecule has 1 atom stereocenters. The van der Waals surface area contributed by atoms with Crippen LogP contribution in [0, 0.1) is 0 Å². The largest absolute Gasteiger partial charge is 0.353 e. The van der Waals surface area contributed by atoms with Gasteiger partial charge in [-0.1, -0.05) is 0 Å². The Morgan fingerprint density at radius 3 is 3.31 bits per heavy atom. The van der Waals surface area contributed by atoms with Gasteiger partial charge < -0.3 is 9.47 Å². The predicted molar refractivity (Wildman–Crippen MR) is 47.0 cm³/mol. The summed E-state index contributed by atoms with van der Waals surface area (Å²) in [6, 6.07) is 0. The van der Waals surface area contributed by atoms with Crippen LogP contribution in [0.1, 0.15) is 24.8 Å². The lowest BCUT2D eigenvalue weighted by Gasteiger charge is -2.22. The third-order valence-electron chi connectivity index (χ3n) is 2.13.